The lowest BCUT2D eigenvalue weighted by molar-refractivity contribution is -0.142. The van der Waals surface area contributed by atoms with Crippen molar-refractivity contribution >= 4 is 5.91 Å². The van der Waals surface area contributed by atoms with E-state index in [1.807, 2.05) is 0 Å². The first kappa shape index (κ1) is 21.7. The monoisotopic (exact) mass is 425 g/mol. The molecule has 1 aromatic heterocycles. The van der Waals surface area contributed by atoms with Crippen LogP contribution in [0.5, 0.6) is 0 Å². The predicted molar refractivity (Wildman–Crippen MR) is 109 cm³/mol. The molecule has 0 saturated heterocycles. The van der Waals surface area contributed by atoms with E-state index in [2.05, 4.69) is 5.10 Å². The topological polar surface area (TPSA) is 38.1 Å². The average molecular weight is 426 g/mol. The maximum atomic E-state index is 13.6. The number of halogens is 3. The normalized spacial score (nSPS) is 21.6. The third kappa shape index (κ3) is 5.02. The molecule has 168 valence electrons. The summed E-state index contributed by atoms with van der Waals surface area (Å²) in [6, 6.07) is 0. The number of hydrogen-bond donors (Lipinski definition) is 0. The molecule has 0 bridgehead atoms. The standard InChI is InChI=1S/C23H34F3N3O/c24-23(25,26)22-19-12-13-28(21(30)15-18-9-5-2-6-10-18)16-20(19)29(27-22)14-11-17-7-3-1-4-8-17/h17-18H,1-16H2. The third-order valence-electron chi connectivity index (χ3n) is 7.42. The zero-order valence-corrected chi connectivity index (χ0v) is 17.9. The van der Waals surface area contributed by atoms with Gasteiger partial charge in [-0.05, 0) is 37.5 Å². The van der Waals surface area contributed by atoms with Crippen LogP contribution in [-0.2, 0) is 30.5 Å². The van der Waals surface area contributed by atoms with Crippen molar-refractivity contribution in [2.45, 2.75) is 103 Å². The molecule has 2 heterocycles. The highest BCUT2D eigenvalue weighted by Crippen LogP contribution is 2.36. The van der Waals surface area contributed by atoms with E-state index < -0.39 is 11.9 Å². The molecule has 30 heavy (non-hydrogen) atoms. The lowest BCUT2D eigenvalue weighted by Crippen LogP contribution is -2.38. The Balaban J connectivity index is 1.47. The molecule has 0 N–H and O–H groups in total. The van der Waals surface area contributed by atoms with Crippen molar-refractivity contribution < 1.29 is 18.0 Å². The number of rotatable bonds is 5. The van der Waals surface area contributed by atoms with Crippen LogP contribution in [-0.4, -0.2) is 27.1 Å². The van der Waals surface area contributed by atoms with Gasteiger partial charge in [0.25, 0.3) is 0 Å². The number of carbonyl (C=O) groups excluding carboxylic acids is 1. The second-order valence-corrected chi connectivity index (χ2v) is 9.56. The van der Waals surface area contributed by atoms with Crippen LogP contribution in [0, 0.1) is 11.8 Å². The highest BCUT2D eigenvalue weighted by molar-refractivity contribution is 5.76. The second kappa shape index (κ2) is 9.31. The summed E-state index contributed by atoms with van der Waals surface area (Å²) < 4.78 is 42.4. The van der Waals surface area contributed by atoms with Crippen molar-refractivity contribution in [1.82, 2.24) is 14.7 Å². The molecule has 2 saturated carbocycles. The molecule has 1 aliphatic heterocycles. The van der Waals surface area contributed by atoms with Gasteiger partial charge in [-0.2, -0.15) is 18.3 Å². The Kier molecular flexibility index (Phi) is 6.73. The number of hydrogen-bond acceptors (Lipinski definition) is 2. The molecule has 2 fully saturated rings. The van der Waals surface area contributed by atoms with Crippen LogP contribution in [0.25, 0.3) is 0 Å². The van der Waals surface area contributed by atoms with Gasteiger partial charge in [0.1, 0.15) is 0 Å². The summed E-state index contributed by atoms with van der Waals surface area (Å²) in [4.78, 5) is 14.6. The van der Waals surface area contributed by atoms with Crippen molar-refractivity contribution in [2.24, 2.45) is 11.8 Å². The van der Waals surface area contributed by atoms with E-state index in [-0.39, 0.29) is 18.9 Å². The number of nitrogens with zero attached hydrogens (tertiary/aromatic N) is 3. The summed E-state index contributed by atoms with van der Waals surface area (Å²) in [5.74, 6) is 1.12. The fraction of sp³-hybridized carbons (Fsp3) is 0.826. The zero-order chi connectivity index (χ0) is 21.1. The lowest BCUT2D eigenvalue weighted by atomic mass is 9.86. The van der Waals surface area contributed by atoms with Gasteiger partial charge in [-0.1, -0.05) is 51.4 Å². The van der Waals surface area contributed by atoms with Gasteiger partial charge >= 0.3 is 6.18 Å². The van der Waals surface area contributed by atoms with E-state index in [1.165, 1.54) is 51.4 Å². The average Bonchev–Trinajstić information content (AvgIpc) is 3.12. The first-order valence-electron chi connectivity index (χ1n) is 11.9. The highest BCUT2D eigenvalue weighted by atomic mass is 19.4. The molecule has 4 nitrogen and oxygen atoms in total. The minimum absolute atomic E-state index is 0.0983. The van der Waals surface area contributed by atoms with Gasteiger partial charge < -0.3 is 4.90 Å². The van der Waals surface area contributed by atoms with Gasteiger partial charge in [0.2, 0.25) is 5.91 Å². The molecular weight excluding hydrogens is 391 g/mol. The second-order valence-electron chi connectivity index (χ2n) is 9.56. The molecule has 2 aliphatic carbocycles. The number of amides is 1. The molecule has 0 radical (unpaired) electrons. The van der Waals surface area contributed by atoms with Gasteiger partial charge in [0.15, 0.2) is 5.69 Å². The van der Waals surface area contributed by atoms with Crippen molar-refractivity contribution in [2.75, 3.05) is 6.54 Å². The van der Waals surface area contributed by atoms with E-state index in [0.717, 1.165) is 19.3 Å². The number of alkyl halides is 3. The van der Waals surface area contributed by atoms with Crippen molar-refractivity contribution in [1.29, 1.82) is 0 Å². The molecule has 1 amide bonds. The summed E-state index contributed by atoms with van der Waals surface area (Å²) in [5, 5.41) is 4.01. The first-order valence-corrected chi connectivity index (χ1v) is 11.9. The van der Waals surface area contributed by atoms with Crippen LogP contribution < -0.4 is 0 Å². The summed E-state index contributed by atoms with van der Waals surface area (Å²) in [6.07, 6.45) is 9.10. The van der Waals surface area contributed by atoms with Gasteiger partial charge in [-0.15, -0.1) is 0 Å². The van der Waals surface area contributed by atoms with Crippen molar-refractivity contribution in [3.8, 4) is 0 Å². The van der Waals surface area contributed by atoms with E-state index in [4.69, 9.17) is 0 Å². The van der Waals surface area contributed by atoms with E-state index in [1.54, 1.807) is 9.58 Å². The van der Waals surface area contributed by atoms with Crippen LogP contribution in [0.3, 0.4) is 0 Å². The molecule has 0 spiro atoms. The molecule has 0 aromatic carbocycles. The van der Waals surface area contributed by atoms with Gasteiger partial charge in [-0.25, -0.2) is 0 Å². The molecule has 3 aliphatic rings. The predicted octanol–water partition coefficient (Wildman–Crippen LogP) is 5.73. The molecule has 0 unspecified atom stereocenters. The number of fused-ring (bicyclic) bond motifs is 1. The fourth-order valence-electron chi connectivity index (χ4n) is 5.65. The molecule has 1 aromatic rings. The Morgan fingerprint density at radius 2 is 1.60 bits per heavy atom. The molecule has 0 atom stereocenters. The number of aromatic nitrogens is 2. The quantitative estimate of drug-likeness (QED) is 0.604. The molecule has 4 rings (SSSR count). The molecule has 7 heteroatoms. The minimum atomic E-state index is -4.44. The van der Waals surface area contributed by atoms with Crippen LogP contribution in [0.4, 0.5) is 13.2 Å². The Hall–Kier alpha value is -1.53. The maximum absolute atomic E-state index is 13.6. The van der Waals surface area contributed by atoms with Gasteiger partial charge in [-0.3, -0.25) is 9.48 Å². The van der Waals surface area contributed by atoms with Crippen LogP contribution in [0.15, 0.2) is 0 Å². The van der Waals surface area contributed by atoms with E-state index in [0.29, 0.717) is 42.6 Å². The Bertz CT molecular complexity index is 731. The van der Waals surface area contributed by atoms with Crippen molar-refractivity contribution in [3.63, 3.8) is 0 Å². The Morgan fingerprint density at radius 3 is 2.23 bits per heavy atom. The van der Waals surface area contributed by atoms with Crippen LogP contribution >= 0.6 is 0 Å². The zero-order valence-electron chi connectivity index (χ0n) is 17.9. The molecular formula is C23H34F3N3O. The van der Waals surface area contributed by atoms with Gasteiger partial charge in [0, 0.05) is 25.1 Å². The first-order chi connectivity index (χ1) is 14.4. The third-order valence-corrected chi connectivity index (χ3v) is 7.42. The van der Waals surface area contributed by atoms with E-state index in [9.17, 15) is 18.0 Å². The van der Waals surface area contributed by atoms with E-state index >= 15 is 0 Å². The summed E-state index contributed by atoms with van der Waals surface area (Å²) in [7, 11) is 0. The number of carbonyl (C=O) groups is 1. The largest absolute Gasteiger partial charge is 0.435 e. The smallest absolute Gasteiger partial charge is 0.336 e. The SMILES string of the molecule is O=C(CC1CCCCC1)N1CCc2c(C(F)(F)F)nn(CCC3CCCCC3)c2C1. The maximum Gasteiger partial charge on any atom is 0.435 e. The summed E-state index contributed by atoms with van der Waals surface area (Å²) >= 11 is 0. The minimum Gasteiger partial charge on any atom is -0.336 e. The van der Waals surface area contributed by atoms with Crippen molar-refractivity contribution in [3.05, 3.63) is 17.0 Å². The van der Waals surface area contributed by atoms with Crippen LogP contribution in [0.1, 0.15) is 94.0 Å². The fourth-order valence-corrected chi connectivity index (χ4v) is 5.65. The highest BCUT2D eigenvalue weighted by Gasteiger charge is 2.41. The Labute approximate surface area is 177 Å². The summed E-state index contributed by atoms with van der Waals surface area (Å²) in [5.41, 5.74) is 0.190. The lowest BCUT2D eigenvalue weighted by Gasteiger charge is -2.30. The summed E-state index contributed by atoms with van der Waals surface area (Å²) in [6.45, 7) is 1.17. The Morgan fingerprint density at radius 1 is 0.967 bits per heavy atom. The van der Waals surface area contributed by atoms with Gasteiger partial charge in [0.05, 0.1) is 12.2 Å². The van der Waals surface area contributed by atoms with Crippen LogP contribution in [0.2, 0.25) is 0 Å². The number of aryl methyl sites for hydroxylation is 1.